The molecule has 1 aromatic carbocycles. The summed E-state index contributed by atoms with van der Waals surface area (Å²) in [5, 5.41) is 0. The highest BCUT2D eigenvalue weighted by Gasteiger charge is 1.90. The van der Waals surface area contributed by atoms with Crippen LogP contribution in [0.25, 0.3) is 0 Å². The topological polar surface area (TPSA) is 0 Å². The van der Waals surface area contributed by atoms with E-state index in [1.165, 1.54) is 10.5 Å². The summed E-state index contributed by atoms with van der Waals surface area (Å²) in [4.78, 5) is 1.37. The van der Waals surface area contributed by atoms with Gasteiger partial charge in [0.15, 0.2) is 0 Å². The van der Waals surface area contributed by atoms with Crippen LogP contribution in [-0.2, 0) is 0 Å². The molecule has 0 heterocycles. The molecule has 1 rings (SSSR count). The Morgan fingerprint density at radius 2 is 1.64 bits per heavy atom. The van der Waals surface area contributed by atoms with Crippen LogP contribution < -0.4 is 0 Å². The van der Waals surface area contributed by atoms with Crippen LogP contribution in [0.2, 0.25) is 0 Å². The minimum Gasteiger partial charge on any atom is -0.129 e. The van der Waals surface area contributed by atoms with Gasteiger partial charge in [-0.1, -0.05) is 32.0 Å². The second-order valence-electron chi connectivity index (χ2n) is 1.97. The molecule has 0 nitrogen and oxygen atoms in total. The van der Waals surface area contributed by atoms with Crippen LogP contribution in [0.4, 0.5) is 0 Å². The lowest BCUT2D eigenvalue weighted by Crippen LogP contribution is -1.74. The lowest BCUT2D eigenvalue weighted by Gasteiger charge is -1.97. The Kier molecular flexibility index (Phi) is 6.05. The first-order valence-corrected chi connectivity index (χ1v) is 5.16. The molecule has 0 unspecified atom stereocenters. The van der Waals surface area contributed by atoms with Gasteiger partial charge in [0.2, 0.25) is 0 Å². The van der Waals surface area contributed by atoms with Crippen molar-refractivity contribution in [3.63, 3.8) is 0 Å². The fraction of sp³-hybridized carbons (Fsp3) is 0.400. The van der Waals surface area contributed by atoms with Gasteiger partial charge >= 0.3 is 0 Å². The van der Waals surface area contributed by atoms with E-state index in [9.17, 15) is 0 Å². The number of benzene rings is 1. The molecule has 0 bridgehead atoms. The van der Waals surface area contributed by atoms with Gasteiger partial charge in [-0.2, -0.15) is 0 Å². The van der Waals surface area contributed by atoms with Crippen molar-refractivity contribution in [3.05, 3.63) is 29.8 Å². The minimum atomic E-state index is 1.37. The van der Waals surface area contributed by atoms with Gasteiger partial charge in [-0.15, -0.1) is 11.8 Å². The highest BCUT2D eigenvalue weighted by atomic mass is 32.2. The van der Waals surface area contributed by atoms with Gasteiger partial charge in [-0.05, 0) is 24.8 Å². The molecule has 0 aliphatic rings. The van der Waals surface area contributed by atoms with Crippen LogP contribution in [0.5, 0.6) is 0 Å². The van der Waals surface area contributed by atoms with Crippen molar-refractivity contribution in [2.24, 2.45) is 0 Å². The van der Waals surface area contributed by atoms with E-state index in [-0.39, 0.29) is 0 Å². The normalized spacial score (nSPS) is 8.36. The first-order valence-electron chi connectivity index (χ1n) is 3.94. The molecule has 62 valence electrons. The molecular formula is C10H16S. The predicted octanol–water partition coefficient (Wildman–Crippen LogP) is 3.74. The molecule has 1 heteroatoms. The molecule has 0 aromatic heterocycles. The summed E-state index contributed by atoms with van der Waals surface area (Å²) < 4.78 is 0. The van der Waals surface area contributed by atoms with Gasteiger partial charge < -0.3 is 0 Å². The Labute approximate surface area is 74.0 Å². The zero-order valence-corrected chi connectivity index (χ0v) is 8.53. The highest BCUT2D eigenvalue weighted by molar-refractivity contribution is 7.98. The molecule has 0 saturated heterocycles. The van der Waals surface area contributed by atoms with E-state index in [4.69, 9.17) is 0 Å². The van der Waals surface area contributed by atoms with Crippen LogP contribution in [-0.4, -0.2) is 6.26 Å². The SMILES string of the molecule is CC.CSc1ccccc1C. The Morgan fingerprint density at radius 1 is 1.09 bits per heavy atom. The van der Waals surface area contributed by atoms with Crippen LogP contribution >= 0.6 is 11.8 Å². The molecule has 0 N–H and O–H groups in total. The number of rotatable bonds is 1. The number of thioether (sulfide) groups is 1. The molecular weight excluding hydrogens is 152 g/mol. The van der Waals surface area contributed by atoms with Gasteiger partial charge in [0.1, 0.15) is 0 Å². The monoisotopic (exact) mass is 168 g/mol. The van der Waals surface area contributed by atoms with E-state index in [2.05, 4.69) is 37.4 Å². The van der Waals surface area contributed by atoms with Crippen molar-refractivity contribution in [2.45, 2.75) is 25.7 Å². The van der Waals surface area contributed by atoms with Crippen LogP contribution in [0.3, 0.4) is 0 Å². The Morgan fingerprint density at radius 3 is 2.00 bits per heavy atom. The average molecular weight is 168 g/mol. The van der Waals surface area contributed by atoms with E-state index in [0.29, 0.717) is 0 Å². The smallest absolute Gasteiger partial charge is 0.00983 e. The average Bonchev–Trinajstić information content (AvgIpc) is 2.09. The maximum absolute atomic E-state index is 2.14. The lowest BCUT2D eigenvalue weighted by molar-refractivity contribution is 1.31. The first-order chi connectivity index (χ1) is 5.34. The van der Waals surface area contributed by atoms with E-state index in [1.54, 1.807) is 11.8 Å². The van der Waals surface area contributed by atoms with Gasteiger partial charge in [0.25, 0.3) is 0 Å². The molecule has 0 atom stereocenters. The van der Waals surface area contributed by atoms with Crippen molar-refractivity contribution in [1.82, 2.24) is 0 Å². The number of aryl methyl sites for hydroxylation is 1. The lowest BCUT2D eigenvalue weighted by atomic mass is 10.2. The molecule has 0 fully saturated rings. The van der Waals surface area contributed by atoms with E-state index in [0.717, 1.165) is 0 Å². The van der Waals surface area contributed by atoms with Crippen LogP contribution in [0, 0.1) is 6.92 Å². The molecule has 0 radical (unpaired) electrons. The van der Waals surface area contributed by atoms with E-state index in [1.807, 2.05) is 13.8 Å². The minimum absolute atomic E-state index is 1.37. The quantitative estimate of drug-likeness (QED) is 0.576. The molecule has 0 saturated carbocycles. The second-order valence-corrected chi connectivity index (χ2v) is 2.82. The molecule has 0 aliphatic carbocycles. The molecule has 0 spiro atoms. The zero-order valence-electron chi connectivity index (χ0n) is 7.72. The standard InChI is InChI=1S/C8H10S.C2H6/c1-7-5-3-4-6-8(7)9-2;1-2/h3-6H,1-2H3;1-2H3. The largest absolute Gasteiger partial charge is 0.129 e. The maximum Gasteiger partial charge on any atom is 0.00983 e. The molecule has 0 aliphatic heterocycles. The number of hydrogen-bond acceptors (Lipinski definition) is 1. The molecule has 11 heavy (non-hydrogen) atoms. The van der Waals surface area contributed by atoms with Crippen LogP contribution in [0.1, 0.15) is 19.4 Å². The Balaban J connectivity index is 0.000000461. The van der Waals surface area contributed by atoms with Gasteiger partial charge in [-0.3, -0.25) is 0 Å². The summed E-state index contributed by atoms with van der Waals surface area (Å²) in [6, 6.07) is 8.40. The van der Waals surface area contributed by atoms with Crippen molar-refractivity contribution < 1.29 is 0 Å². The Bertz CT molecular complexity index is 194. The van der Waals surface area contributed by atoms with Crippen molar-refractivity contribution >= 4 is 11.8 Å². The first kappa shape index (κ1) is 10.6. The highest BCUT2D eigenvalue weighted by Crippen LogP contribution is 2.17. The van der Waals surface area contributed by atoms with Gasteiger partial charge in [-0.25, -0.2) is 0 Å². The third-order valence-corrected chi connectivity index (χ3v) is 2.21. The summed E-state index contributed by atoms with van der Waals surface area (Å²) in [5.74, 6) is 0. The zero-order chi connectivity index (χ0) is 8.69. The van der Waals surface area contributed by atoms with Gasteiger partial charge in [0, 0.05) is 4.90 Å². The van der Waals surface area contributed by atoms with Crippen molar-refractivity contribution in [1.29, 1.82) is 0 Å². The van der Waals surface area contributed by atoms with Gasteiger partial charge in [0.05, 0.1) is 0 Å². The van der Waals surface area contributed by atoms with E-state index < -0.39 is 0 Å². The van der Waals surface area contributed by atoms with E-state index >= 15 is 0 Å². The van der Waals surface area contributed by atoms with Crippen molar-refractivity contribution in [3.8, 4) is 0 Å². The van der Waals surface area contributed by atoms with Crippen molar-refractivity contribution in [2.75, 3.05) is 6.26 Å². The maximum atomic E-state index is 2.14. The summed E-state index contributed by atoms with van der Waals surface area (Å²) in [6.45, 7) is 6.13. The summed E-state index contributed by atoms with van der Waals surface area (Å²) >= 11 is 1.80. The fourth-order valence-electron chi connectivity index (χ4n) is 0.785. The Hall–Kier alpha value is -0.430. The second kappa shape index (κ2) is 6.29. The predicted molar refractivity (Wildman–Crippen MR) is 54.3 cm³/mol. The third kappa shape index (κ3) is 3.47. The molecule has 1 aromatic rings. The number of hydrogen-bond donors (Lipinski definition) is 0. The molecule has 0 amide bonds. The summed E-state index contributed by atoms with van der Waals surface area (Å²) in [7, 11) is 0. The third-order valence-electron chi connectivity index (χ3n) is 1.31. The fourth-order valence-corrected chi connectivity index (χ4v) is 1.39. The summed E-state index contributed by atoms with van der Waals surface area (Å²) in [5.41, 5.74) is 1.37. The van der Waals surface area contributed by atoms with Crippen LogP contribution in [0.15, 0.2) is 29.2 Å². The summed E-state index contributed by atoms with van der Waals surface area (Å²) in [6.07, 6.45) is 2.10.